The second-order valence-corrected chi connectivity index (χ2v) is 18.5. The topological polar surface area (TPSA) is 0 Å². The average Bonchev–Trinajstić information content (AvgIpc) is 3.45. The normalized spacial score (nSPS) is 28.9. The van der Waals surface area contributed by atoms with Gasteiger partial charge in [-0.05, 0) is 0 Å². The van der Waals surface area contributed by atoms with E-state index in [0.717, 1.165) is 19.7 Å². The van der Waals surface area contributed by atoms with E-state index >= 15 is 0 Å². The third-order valence-corrected chi connectivity index (χ3v) is 18.0. The number of hydrogen-bond donors (Lipinski definition) is 0. The summed E-state index contributed by atoms with van der Waals surface area (Å²) in [6.07, 6.45) is 0. The van der Waals surface area contributed by atoms with Gasteiger partial charge in [-0.15, -0.1) is 47.0 Å². The van der Waals surface area contributed by atoms with Gasteiger partial charge in [0, 0.05) is 45.0 Å². The van der Waals surface area contributed by atoms with Crippen molar-refractivity contribution in [2.24, 2.45) is 0 Å². The fourth-order valence-electron chi connectivity index (χ4n) is 1.57. The molecule has 0 radical (unpaired) electrons. The first-order valence-corrected chi connectivity index (χ1v) is 18.4. The van der Waals surface area contributed by atoms with Gasteiger partial charge in [-0.25, -0.2) is 0 Å². The molecule has 3 aliphatic heterocycles. The molecule has 0 aromatic heterocycles. The lowest BCUT2D eigenvalue weighted by Gasteiger charge is -2.20. The summed E-state index contributed by atoms with van der Waals surface area (Å²) in [6, 6.07) is 0. The second-order valence-electron chi connectivity index (χ2n) is 4.76. The molecule has 2 atom stereocenters. The zero-order valence-electron chi connectivity index (χ0n) is 12.0. The molecular weight excluding hydrogens is 465 g/mol. The van der Waals surface area contributed by atoms with Crippen LogP contribution in [-0.4, -0.2) is 64.4 Å². The highest BCUT2D eigenvalue weighted by atomic mass is 33.1. The lowest BCUT2D eigenvalue weighted by Crippen LogP contribution is -2.11. The number of rotatable bonds is 13. The van der Waals surface area contributed by atoms with Crippen molar-refractivity contribution in [3.05, 3.63) is 0 Å². The third-order valence-electron chi connectivity index (χ3n) is 2.91. The van der Waals surface area contributed by atoms with Crippen LogP contribution in [-0.2, 0) is 0 Å². The standard InChI is InChI=1S/C12H20S10/c1-2-14-11(13-1)12(17-7-21-19-5-9-3-15-9)18-8-22-20-6-10-4-16-10/h9-12H,1-8H2. The first kappa shape index (κ1) is 20.2. The Balaban J connectivity index is 1.25. The number of thioether (sulfide) groups is 6. The van der Waals surface area contributed by atoms with Crippen LogP contribution in [0, 0.1) is 0 Å². The Kier molecular flexibility index (Phi) is 11.1. The van der Waals surface area contributed by atoms with Crippen LogP contribution in [0.25, 0.3) is 0 Å². The summed E-state index contributed by atoms with van der Waals surface area (Å²) >= 11 is 13.0. The van der Waals surface area contributed by atoms with Gasteiger partial charge in [0.25, 0.3) is 0 Å². The van der Waals surface area contributed by atoms with Gasteiger partial charge >= 0.3 is 0 Å². The fourth-order valence-corrected chi connectivity index (χ4v) is 16.8. The quantitative estimate of drug-likeness (QED) is 0.122. The zero-order valence-corrected chi connectivity index (χ0v) is 20.2. The van der Waals surface area contributed by atoms with Crippen molar-refractivity contribution in [2.45, 2.75) is 19.7 Å². The molecule has 128 valence electrons. The maximum Gasteiger partial charge on any atom is 0.0729 e. The fraction of sp³-hybridized carbons (Fsp3) is 1.00. The molecule has 0 aromatic rings. The van der Waals surface area contributed by atoms with Gasteiger partial charge in [-0.3, -0.25) is 0 Å². The second kappa shape index (κ2) is 12.1. The molecule has 0 amide bonds. The molecule has 2 unspecified atom stereocenters. The molecule has 3 heterocycles. The molecule has 22 heavy (non-hydrogen) atoms. The van der Waals surface area contributed by atoms with Crippen molar-refractivity contribution in [1.29, 1.82) is 0 Å². The molecule has 3 fully saturated rings. The Labute approximate surface area is 176 Å². The van der Waals surface area contributed by atoms with Crippen molar-refractivity contribution >= 4 is 114 Å². The summed E-state index contributed by atoms with van der Waals surface area (Å²) in [5.74, 6) is 8.23. The summed E-state index contributed by atoms with van der Waals surface area (Å²) in [4.78, 5) is 0. The van der Waals surface area contributed by atoms with E-state index in [-0.39, 0.29) is 0 Å². The predicted octanol–water partition coefficient (Wildman–Crippen LogP) is 6.49. The summed E-state index contributed by atoms with van der Waals surface area (Å²) < 4.78 is 1.61. The van der Waals surface area contributed by atoms with Crippen LogP contribution in [0.2, 0.25) is 0 Å². The largest absolute Gasteiger partial charge is 0.156 e. The molecule has 3 rings (SSSR count). The highest BCUT2D eigenvalue weighted by Crippen LogP contribution is 2.47. The van der Waals surface area contributed by atoms with E-state index in [0.29, 0.717) is 0 Å². The Morgan fingerprint density at radius 2 is 1.23 bits per heavy atom. The van der Waals surface area contributed by atoms with Crippen LogP contribution in [0.1, 0.15) is 0 Å². The Bertz CT molecular complexity index is 280. The van der Waals surface area contributed by atoms with Crippen LogP contribution < -0.4 is 0 Å². The summed E-state index contributed by atoms with van der Waals surface area (Å²) in [5, 5.41) is 4.47. The summed E-state index contributed by atoms with van der Waals surface area (Å²) in [6.45, 7) is 0. The third kappa shape index (κ3) is 8.93. The van der Waals surface area contributed by atoms with Gasteiger partial charge in [-0.1, -0.05) is 43.2 Å². The lowest BCUT2D eigenvalue weighted by molar-refractivity contribution is 1.28. The maximum absolute atomic E-state index is 2.20. The van der Waals surface area contributed by atoms with Gasteiger partial charge in [0.05, 0.1) is 19.3 Å². The predicted molar refractivity (Wildman–Crippen MR) is 130 cm³/mol. The van der Waals surface area contributed by atoms with Crippen LogP contribution in [0.5, 0.6) is 0 Å². The molecule has 0 N–H and O–H groups in total. The molecule has 0 aromatic carbocycles. The van der Waals surface area contributed by atoms with Crippen LogP contribution >= 0.6 is 114 Å². The van der Waals surface area contributed by atoms with Crippen molar-refractivity contribution < 1.29 is 0 Å². The highest BCUT2D eigenvalue weighted by Gasteiger charge is 2.28. The van der Waals surface area contributed by atoms with E-state index in [9.17, 15) is 0 Å². The molecule has 0 nitrogen and oxygen atoms in total. The minimum Gasteiger partial charge on any atom is -0.156 e. The summed E-state index contributed by atoms with van der Waals surface area (Å²) in [7, 11) is 8.35. The molecule has 0 spiro atoms. The van der Waals surface area contributed by atoms with E-state index in [1.165, 1.54) is 44.7 Å². The Hall–Kier alpha value is 3.50. The minimum atomic E-state index is 0.782. The highest BCUT2D eigenvalue weighted by molar-refractivity contribution is 8.79. The van der Waals surface area contributed by atoms with E-state index in [2.05, 4.69) is 114 Å². The smallest absolute Gasteiger partial charge is 0.0729 e. The van der Waals surface area contributed by atoms with Gasteiger partial charge in [-0.2, -0.15) is 23.5 Å². The van der Waals surface area contributed by atoms with Gasteiger partial charge < -0.3 is 0 Å². The van der Waals surface area contributed by atoms with Crippen LogP contribution in [0.15, 0.2) is 0 Å². The van der Waals surface area contributed by atoms with Crippen LogP contribution in [0.4, 0.5) is 0 Å². The van der Waals surface area contributed by atoms with E-state index in [1.54, 1.807) is 0 Å². The first-order chi connectivity index (χ1) is 10.9. The van der Waals surface area contributed by atoms with Gasteiger partial charge in [0.15, 0.2) is 0 Å². The molecule has 0 saturated carbocycles. The first-order valence-electron chi connectivity index (χ1n) is 7.10. The maximum atomic E-state index is 2.20. The Morgan fingerprint density at radius 3 is 1.68 bits per heavy atom. The van der Waals surface area contributed by atoms with Crippen LogP contribution in [0.3, 0.4) is 0 Å². The van der Waals surface area contributed by atoms with Crippen molar-refractivity contribution in [2.75, 3.05) is 44.7 Å². The van der Waals surface area contributed by atoms with Gasteiger partial charge in [0.2, 0.25) is 0 Å². The van der Waals surface area contributed by atoms with Crippen molar-refractivity contribution in [3.63, 3.8) is 0 Å². The monoisotopic (exact) mass is 484 g/mol. The Morgan fingerprint density at radius 1 is 0.727 bits per heavy atom. The van der Waals surface area contributed by atoms with E-state index in [1.807, 2.05) is 0 Å². The van der Waals surface area contributed by atoms with Crippen molar-refractivity contribution in [1.82, 2.24) is 0 Å². The molecule has 0 bridgehead atoms. The molecule has 3 saturated heterocycles. The van der Waals surface area contributed by atoms with E-state index < -0.39 is 0 Å². The zero-order chi connectivity index (χ0) is 15.0. The SMILES string of the molecule is C1CSC(C(SCSSCC2CS2)SCSSCC2CS2)S1. The van der Waals surface area contributed by atoms with E-state index in [4.69, 9.17) is 0 Å². The lowest BCUT2D eigenvalue weighted by atomic mass is 10.6. The molecule has 10 heteroatoms. The number of hydrogen-bond acceptors (Lipinski definition) is 10. The molecule has 0 aliphatic carbocycles. The average molecular weight is 485 g/mol. The molecular formula is C12H20S10. The van der Waals surface area contributed by atoms with Crippen molar-refractivity contribution in [3.8, 4) is 0 Å². The summed E-state index contributed by atoms with van der Waals surface area (Å²) in [5.41, 5.74) is 0. The van der Waals surface area contributed by atoms with Gasteiger partial charge in [0.1, 0.15) is 0 Å². The molecule has 3 aliphatic rings. The minimum absolute atomic E-state index is 0.782.